The van der Waals surface area contributed by atoms with Crippen LogP contribution in [0.4, 0.5) is 0 Å². The number of carbonyl (C=O) groups excluding carboxylic acids is 2. The van der Waals surface area contributed by atoms with E-state index in [0.29, 0.717) is 21.6 Å². The van der Waals surface area contributed by atoms with Crippen LogP contribution in [0.25, 0.3) is 0 Å². The van der Waals surface area contributed by atoms with E-state index >= 15 is 0 Å². The Bertz CT molecular complexity index is 927. The quantitative estimate of drug-likeness (QED) is 0.715. The monoisotopic (exact) mass is 379 g/mol. The molecule has 0 radical (unpaired) electrons. The lowest BCUT2D eigenvalue weighted by atomic mass is 10.1. The normalized spacial score (nSPS) is 9.78. The number of likely N-dealkylation sites (N-methyl/N-ethyl adjacent to an activating group) is 1. The van der Waals surface area contributed by atoms with E-state index in [-0.39, 0.29) is 19.1 Å². The SMILES string of the molecule is CCOC(=O)CN(C)C(=O)c1ccc(Sc2cccc(C#N)c2C#N)cc1. The minimum Gasteiger partial charge on any atom is -0.465 e. The van der Waals surface area contributed by atoms with E-state index in [2.05, 4.69) is 6.07 Å². The Morgan fingerprint density at radius 2 is 1.81 bits per heavy atom. The van der Waals surface area contributed by atoms with Gasteiger partial charge in [0.15, 0.2) is 0 Å². The maximum atomic E-state index is 12.4. The summed E-state index contributed by atoms with van der Waals surface area (Å²) in [6.07, 6.45) is 0. The predicted octanol–water partition coefficient (Wildman–Crippen LogP) is 3.22. The molecule has 2 aromatic rings. The number of rotatable bonds is 6. The van der Waals surface area contributed by atoms with E-state index < -0.39 is 5.97 Å². The number of ether oxygens (including phenoxy) is 1. The van der Waals surface area contributed by atoms with Gasteiger partial charge in [-0.05, 0) is 43.3 Å². The van der Waals surface area contributed by atoms with E-state index in [1.54, 1.807) is 49.4 Å². The van der Waals surface area contributed by atoms with Crippen molar-refractivity contribution in [3.63, 3.8) is 0 Å². The Balaban J connectivity index is 2.12. The molecular weight excluding hydrogens is 362 g/mol. The van der Waals surface area contributed by atoms with E-state index in [9.17, 15) is 14.9 Å². The number of nitriles is 2. The van der Waals surface area contributed by atoms with E-state index in [1.807, 2.05) is 6.07 Å². The van der Waals surface area contributed by atoms with E-state index in [4.69, 9.17) is 10.00 Å². The summed E-state index contributed by atoms with van der Waals surface area (Å²) < 4.78 is 4.84. The summed E-state index contributed by atoms with van der Waals surface area (Å²) in [5.74, 6) is -0.745. The van der Waals surface area contributed by atoms with Crippen LogP contribution in [0.5, 0.6) is 0 Å². The maximum Gasteiger partial charge on any atom is 0.325 e. The standard InChI is InChI=1S/C20H17N3O3S/c1-3-26-19(24)13-23(2)20(25)14-7-9-16(10-8-14)27-18-6-4-5-15(11-21)17(18)12-22/h4-10H,3,13H2,1-2H3. The zero-order valence-electron chi connectivity index (χ0n) is 14.9. The number of carbonyl (C=O) groups is 2. The molecule has 27 heavy (non-hydrogen) atoms. The lowest BCUT2D eigenvalue weighted by Crippen LogP contribution is -2.33. The molecule has 0 fully saturated rings. The highest BCUT2D eigenvalue weighted by atomic mass is 32.2. The lowest BCUT2D eigenvalue weighted by Gasteiger charge is -2.16. The molecule has 0 aromatic heterocycles. The smallest absolute Gasteiger partial charge is 0.325 e. The van der Waals surface area contributed by atoms with Gasteiger partial charge in [0.1, 0.15) is 18.7 Å². The minimum atomic E-state index is -0.457. The predicted molar refractivity (Wildman–Crippen MR) is 100 cm³/mol. The molecule has 0 aliphatic rings. The van der Waals surface area contributed by atoms with Crippen molar-refractivity contribution < 1.29 is 14.3 Å². The van der Waals surface area contributed by atoms with Crippen molar-refractivity contribution in [2.45, 2.75) is 16.7 Å². The van der Waals surface area contributed by atoms with Crippen LogP contribution < -0.4 is 0 Å². The number of nitrogens with zero attached hydrogens (tertiary/aromatic N) is 3. The minimum absolute atomic E-state index is 0.115. The van der Waals surface area contributed by atoms with Gasteiger partial charge in [0.25, 0.3) is 5.91 Å². The molecule has 1 amide bonds. The first-order chi connectivity index (χ1) is 13.0. The Labute approximate surface area is 162 Å². The summed E-state index contributed by atoms with van der Waals surface area (Å²) in [5, 5.41) is 18.4. The largest absolute Gasteiger partial charge is 0.465 e. The van der Waals surface area contributed by atoms with Crippen LogP contribution in [0.2, 0.25) is 0 Å². The number of hydrogen-bond acceptors (Lipinski definition) is 6. The zero-order valence-corrected chi connectivity index (χ0v) is 15.7. The van der Waals surface area contributed by atoms with Gasteiger partial charge >= 0.3 is 5.97 Å². The highest BCUT2D eigenvalue weighted by Gasteiger charge is 2.16. The summed E-state index contributed by atoms with van der Waals surface area (Å²) in [7, 11) is 1.54. The van der Waals surface area contributed by atoms with Crippen LogP contribution in [0.1, 0.15) is 28.4 Å². The summed E-state index contributed by atoms with van der Waals surface area (Å²) in [4.78, 5) is 26.7. The first kappa shape index (κ1) is 20.0. The number of hydrogen-bond donors (Lipinski definition) is 0. The lowest BCUT2D eigenvalue weighted by molar-refractivity contribution is -0.143. The molecule has 0 N–H and O–H groups in total. The van der Waals surface area contributed by atoms with Crippen molar-refractivity contribution in [2.75, 3.05) is 20.2 Å². The average Bonchev–Trinajstić information content (AvgIpc) is 2.67. The molecule has 0 aliphatic carbocycles. The Kier molecular flexibility index (Phi) is 6.99. The first-order valence-corrected chi connectivity index (χ1v) is 8.94. The molecule has 0 bridgehead atoms. The van der Waals surface area contributed by atoms with Crippen LogP contribution in [0.3, 0.4) is 0 Å². The summed E-state index contributed by atoms with van der Waals surface area (Å²) in [6, 6.07) is 16.0. The molecule has 0 atom stereocenters. The second-order valence-electron chi connectivity index (χ2n) is 5.49. The van der Waals surface area contributed by atoms with Crippen LogP contribution in [0.15, 0.2) is 52.3 Å². The van der Waals surface area contributed by atoms with Gasteiger partial charge in [-0.2, -0.15) is 10.5 Å². The second-order valence-corrected chi connectivity index (χ2v) is 6.61. The molecule has 136 valence electrons. The molecule has 0 saturated carbocycles. The van der Waals surface area contributed by atoms with Gasteiger partial charge in [-0.25, -0.2) is 0 Å². The van der Waals surface area contributed by atoms with Crippen LogP contribution in [0, 0.1) is 22.7 Å². The van der Waals surface area contributed by atoms with Gasteiger partial charge in [0.05, 0.1) is 17.7 Å². The topological polar surface area (TPSA) is 94.2 Å². The molecule has 2 rings (SSSR count). The second kappa shape index (κ2) is 9.42. The third-order valence-electron chi connectivity index (χ3n) is 3.61. The zero-order chi connectivity index (χ0) is 19.8. The third kappa shape index (κ3) is 5.10. The number of esters is 1. The highest BCUT2D eigenvalue weighted by molar-refractivity contribution is 7.99. The summed E-state index contributed by atoms with van der Waals surface area (Å²) in [6.45, 7) is 1.86. The van der Waals surface area contributed by atoms with Crippen molar-refractivity contribution in [3.05, 3.63) is 59.2 Å². The molecule has 0 saturated heterocycles. The average molecular weight is 379 g/mol. The first-order valence-electron chi connectivity index (χ1n) is 8.12. The van der Waals surface area contributed by atoms with Gasteiger partial charge in [-0.15, -0.1) is 0 Å². The summed E-state index contributed by atoms with van der Waals surface area (Å²) in [5.41, 5.74) is 1.10. The van der Waals surface area contributed by atoms with Gasteiger partial charge < -0.3 is 9.64 Å². The Morgan fingerprint density at radius 3 is 2.41 bits per heavy atom. The van der Waals surface area contributed by atoms with Crippen molar-refractivity contribution in [1.82, 2.24) is 4.90 Å². The fourth-order valence-corrected chi connectivity index (χ4v) is 3.24. The van der Waals surface area contributed by atoms with Gasteiger partial charge in [-0.3, -0.25) is 9.59 Å². The highest BCUT2D eigenvalue weighted by Crippen LogP contribution is 2.31. The fourth-order valence-electron chi connectivity index (χ4n) is 2.31. The van der Waals surface area contributed by atoms with Crippen molar-refractivity contribution in [2.24, 2.45) is 0 Å². The van der Waals surface area contributed by atoms with E-state index in [0.717, 1.165) is 4.90 Å². The number of amides is 1. The van der Waals surface area contributed by atoms with Crippen molar-refractivity contribution in [1.29, 1.82) is 10.5 Å². The van der Waals surface area contributed by atoms with Gasteiger partial charge in [-0.1, -0.05) is 17.8 Å². The molecule has 0 unspecified atom stereocenters. The molecule has 0 heterocycles. The van der Waals surface area contributed by atoms with Gasteiger partial charge in [0.2, 0.25) is 0 Å². The van der Waals surface area contributed by atoms with Crippen LogP contribution >= 0.6 is 11.8 Å². The van der Waals surface area contributed by atoms with E-state index in [1.165, 1.54) is 23.7 Å². The third-order valence-corrected chi connectivity index (χ3v) is 4.67. The molecular formula is C20H17N3O3S. The van der Waals surface area contributed by atoms with Crippen LogP contribution in [-0.2, 0) is 9.53 Å². The molecule has 0 aliphatic heterocycles. The molecule has 2 aromatic carbocycles. The fraction of sp³-hybridized carbons (Fsp3) is 0.200. The van der Waals surface area contributed by atoms with Crippen LogP contribution in [-0.4, -0.2) is 37.0 Å². The molecule has 0 spiro atoms. The molecule has 7 heteroatoms. The Hall–Kier alpha value is -3.29. The maximum absolute atomic E-state index is 12.4. The van der Waals surface area contributed by atoms with Crippen molar-refractivity contribution in [3.8, 4) is 12.1 Å². The Morgan fingerprint density at radius 1 is 1.11 bits per heavy atom. The van der Waals surface area contributed by atoms with Crippen molar-refractivity contribution >= 4 is 23.6 Å². The summed E-state index contributed by atoms with van der Waals surface area (Å²) >= 11 is 1.34. The number of benzene rings is 2. The molecule has 6 nitrogen and oxygen atoms in total. The van der Waals surface area contributed by atoms with Gasteiger partial charge in [0, 0.05) is 22.4 Å².